The number of likely N-dealkylation sites (N-methyl/N-ethyl adjacent to an activating group) is 1. The van der Waals surface area contributed by atoms with E-state index in [9.17, 15) is 43.5 Å². The molecule has 121 heavy (non-hydrogen) atoms. The zero-order chi connectivity index (χ0) is 87.7. The Bertz CT molecular complexity index is 4720. The number of aliphatic hydroxyl groups is 1. The van der Waals surface area contributed by atoms with Crippen LogP contribution in [-0.2, 0) is 113 Å². The van der Waals surface area contributed by atoms with Crippen LogP contribution in [0.25, 0.3) is 10.9 Å². The van der Waals surface area contributed by atoms with Crippen molar-refractivity contribution < 1.29 is 72.2 Å². The number of hydrogen-bond donors (Lipinski definition) is 23. The molecule has 11 atom stereocenters. The van der Waals surface area contributed by atoms with Crippen LogP contribution >= 0.6 is 11.8 Å². The number of carbonyl (C=O) groups is 14. The number of aryl methyl sites for hydroxylation is 1. The van der Waals surface area contributed by atoms with Crippen LogP contribution in [0.4, 0.5) is 0 Å². The molecule has 4 aromatic heterocycles. The van der Waals surface area contributed by atoms with Crippen LogP contribution in [0, 0.1) is 16.7 Å². The van der Waals surface area contributed by atoms with Crippen molar-refractivity contribution >= 4 is 117 Å². The fraction of sp³-hybridized carbons (Fsp3) is 0.423. The average Bonchev–Trinajstić information content (AvgIpc) is 1.78. The van der Waals surface area contributed by atoms with Crippen molar-refractivity contribution in [3.05, 3.63) is 162 Å². The molecule has 7 aromatic rings. The molecule has 42 nitrogen and oxygen atoms in total. The Kier molecular flexibility index (Phi) is 35.6. The summed E-state index contributed by atoms with van der Waals surface area (Å²) in [4.78, 5) is 227. The van der Waals surface area contributed by atoms with Gasteiger partial charge in [0.25, 0.3) is 0 Å². The van der Waals surface area contributed by atoms with Crippen molar-refractivity contribution in [3.8, 4) is 0 Å². The lowest BCUT2D eigenvalue weighted by Crippen LogP contribution is -2.61. The summed E-state index contributed by atoms with van der Waals surface area (Å²) < 4.78 is 1.54. The van der Waals surface area contributed by atoms with Gasteiger partial charge in [-0.25, -0.2) is 15.0 Å². The third kappa shape index (κ3) is 29.4. The van der Waals surface area contributed by atoms with E-state index in [-0.39, 0.29) is 77.3 Å². The molecular formula is C78H105N27O15S. The van der Waals surface area contributed by atoms with Crippen LogP contribution in [0.3, 0.4) is 0 Å². The van der Waals surface area contributed by atoms with Crippen LogP contribution in [0.15, 0.2) is 129 Å². The van der Waals surface area contributed by atoms with Crippen molar-refractivity contribution in [1.29, 1.82) is 10.8 Å². The van der Waals surface area contributed by atoms with E-state index in [0.717, 1.165) is 16.7 Å². The second-order valence-corrected chi connectivity index (χ2v) is 30.2. The molecule has 0 unspecified atom stereocenters. The lowest BCUT2D eigenvalue weighted by molar-refractivity contribution is -0.143. The highest BCUT2D eigenvalue weighted by molar-refractivity contribution is 8.00. The Hall–Kier alpha value is -13.7. The van der Waals surface area contributed by atoms with E-state index in [0.29, 0.717) is 44.7 Å². The number of benzene rings is 3. The number of H-pyrrole nitrogens is 3. The van der Waals surface area contributed by atoms with Gasteiger partial charge in [-0.2, -0.15) is 0 Å². The molecule has 26 N–H and O–H groups in total. The number of aromatic amines is 3. The Labute approximate surface area is 699 Å². The third-order valence-corrected chi connectivity index (χ3v) is 20.6. The van der Waals surface area contributed by atoms with Gasteiger partial charge in [0.2, 0.25) is 82.7 Å². The van der Waals surface area contributed by atoms with Gasteiger partial charge in [0.1, 0.15) is 66.5 Å². The first-order valence-electron chi connectivity index (χ1n) is 38.9. The summed E-state index contributed by atoms with van der Waals surface area (Å²) in [5.41, 5.74) is 19.9. The van der Waals surface area contributed by atoms with Crippen molar-refractivity contribution in [2.45, 2.75) is 145 Å². The smallest absolute Gasteiger partial charge is 0.245 e. The first-order chi connectivity index (χ1) is 57.9. The van der Waals surface area contributed by atoms with Crippen molar-refractivity contribution in [2.24, 2.45) is 30.2 Å². The van der Waals surface area contributed by atoms with Gasteiger partial charge >= 0.3 is 0 Å². The van der Waals surface area contributed by atoms with Crippen molar-refractivity contribution in [1.82, 2.24) is 114 Å². The van der Waals surface area contributed by atoms with Crippen LogP contribution in [0.5, 0.6) is 0 Å². The zero-order valence-corrected chi connectivity index (χ0v) is 67.9. The molecule has 1 aliphatic heterocycles. The molecule has 1 fully saturated rings. The maximum absolute atomic E-state index is 15.4. The van der Waals surface area contributed by atoms with Crippen LogP contribution in [0.1, 0.15) is 73.3 Å². The molecule has 14 amide bonds. The fourth-order valence-corrected chi connectivity index (χ4v) is 13.9. The maximum Gasteiger partial charge on any atom is 0.245 e. The van der Waals surface area contributed by atoms with E-state index in [1.165, 1.54) is 44.6 Å². The minimum atomic E-state index is -1.83. The van der Waals surface area contributed by atoms with E-state index in [1.54, 1.807) is 117 Å². The number of nitrogens with zero attached hydrogens (tertiary/aromatic N) is 5. The summed E-state index contributed by atoms with van der Waals surface area (Å²) in [6, 6.07) is 6.70. The molecular weight excluding hydrogens is 1590 g/mol. The number of fused-ring (bicyclic) bond motifs is 1. The van der Waals surface area contributed by atoms with Gasteiger partial charge in [0, 0.05) is 124 Å². The molecule has 0 saturated carbocycles. The van der Waals surface area contributed by atoms with Gasteiger partial charge in [-0.15, -0.1) is 11.8 Å². The lowest BCUT2D eigenvalue weighted by Gasteiger charge is -2.33. The molecule has 3 aromatic carbocycles. The molecule has 1 aliphatic rings. The van der Waals surface area contributed by atoms with Gasteiger partial charge in [-0.3, -0.25) is 77.9 Å². The predicted octanol–water partition coefficient (Wildman–Crippen LogP) is -5.58. The Morgan fingerprint density at radius 3 is 1.61 bits per heavy atom. The number of primary amides is 1. The normalized spacial score (nSPS) is 21.9. The quantitative estimate of drug-likeness (QED) is 0.0144. The summed E-state index contributed by atoms with van der Waals surface area (Å²) >= 11 is 0.805. The number of nitrogens with two attached hydrogens (primary N) is 3. The predicted molar refractivity (Wildman–Crippen MR) is 442 cm³/mol. The average molecular weight is 1690 g/mol. The number of guanidine groups is 2. The van der Waals surface area contributed by atoms with Gasteiger partial charge in [0.15, 0.2) is 11.9 Å². The number of hydrogen-bond acceptors (Lipinski definition) is 21. The van der Waals surface area contributed by atoms with Crippen LogP contribution < -0.4 is 91.6 Å². The molecule has 648 valence electrons. The minimum absolute atomic E-state index is 0.0165. The number of nitrogens with one attached hydrogen (secondary N) is 19. The van der Waals surface area contributed by atoms with Crippen LogP contribution in [0.2, 0.25) is 0 Å². The second kappa shape index (κ2) is 46.4. The van der Waals surface area contributed by atoms with E-state index in [2.05, 4.69) is 104 Å². The van der Waals surface area contributed by atoms with E-state index < -0.39 is 198 Å². The van der Waals surface area contributed by atoms with E-state index >= 15 is 28.8 Å². The molecule has 0 bridgehead atoms. The Morgan fingerprint density at radius 1 is 0.529 bits per heavy atom. The van der Waals surface area contributed by atoms with Gasteiger partial charge in [-0.05, 0) is 54.4 Å². The summed E-state index contributed by atoms with van der Waals surface area (Å²) in [6.45, 7) is 0.533. The number of aliphatic hydroxyl groups excluding tert-OH is 1. The second-order valence-electron chi connectivity index (χ2n) is 29.1. The molecule has 43 heteroatoms. The monoisotopic (exact) mass is 1690 g/mol. The standard InChI is InChI=1S/C78H105N27O15S/c1-43(2)65-75(119)101-55(27-46-31-89-51-20-12-11-19-50(46)51)69(113)98-56(28-47-32-84-40-92-47)66(110)91-36-63(108)95-59(37-106)73(117)97-53(22-14-24-88-78(82)83)76(120)105(4)61(26-45-17-9-6-10-18-45)74(118)100-57(29-48-33-85-41-93-48)70(114)96-52(21-13-23-87-77(80)81)68(112)99-58(30-49-34-86-42-104(49)3)71(115)102-60(67(111)90-35-62(79)107)38-121-39-64(109)94-54(72(116)103-65)25-44-15-7-5-8-16-44/h5-12,15-20,31-34,40-43,52-61,65,89,106H,13-14,21-30,35-39H2,1-4H3,(H2,79,107)(H,84,92)(H,85,93)(H,90,111)(H,91,110)(H,94,109)(H,95,108)(H,96,114)(H,97,117)(H,98,113)(H,99,112)(H,100,118)(H,101,119)(H,102,115)(H,103,116)(H4,80,81,87)(H4,82,83,88)/t52-,53-,54-,55-,56-,57-,58-,59-,60-,61-,65-/m0/s1. The minimum Gasteiger partial charge on any atom is -0.394 e. The molecule has 0 aliphatic carbocycles. The molecule has 0 radical (unpaired) electrons. The van der Waals surface area contributed by atoms with Crippen LogP contribution in [-0.4, -0.2) is 257 Å². The Morgan fingerprint density at radius 2 is 1.03 bits per heavy atom. The molecule has 8 rings (SSSR count). The number of amides is 14. The zero-order valence-electron chi connectivity index (χ0n) is 67.1. The number of rotatable bonds is 25. The molecule has 0 spiro atoms. The number of aromatic nitrogens is 7. The maximum atomic E-state index is 15.4. The topological polar surface area (TPSA) is 648 Å². The Balaban J connectivity index is 1.19. The highest BCUT2D eigenvalue weighted by Crippen LogP contribution is 2.21. The van der Waals surface area contributed by atoms with Gasteiger partial charge < -0.3 is 121 Å². The highest BCUT2D eigenvalue weighted by Gasteiger charge is 2.40. The SMILES string of the molecule is CC(C)[C@@H]1NC(=O)[C@H](Cc2ccccc2)NC(=O)CSC[C@@H](C(=O)NCC(N)=O)NC(=O)[C@H](Cc2cncn2C)NC(=O)[C@H](CCCNC(=N)N)NC(=O)[C@H](Cc2cnc[nH]2)NC(=O)[C@H](Cc2ccccc2)N(C)C(=O)[C@H](CCCNC(=N)N)NC(=O)[C@H](CO)NC(=O)CNC(=O)[C@H](Cc2cnc[nH]2)NC(=O)[C@H](Cc2c[nH]c3ccccc23)NC1=O. The summed E-state index contributed by atoms with van der Waals surface area (Å²) in [5.74, 6) is -15.9. The number of para-hydroxylation sites is 1. The first kappa shape index (κ1) is 92.8. The van der Waals surface area contributed by atoms with Crippen molar-refractivity contribution in [3.63, 3.8) is 0 Å². The third-order valence-electron chi connectivity index (χ3n) is 19.6. The lowest BCUT2D eigenvalue weighted by atomic mass is 9.99. The summed E-state index contributed by atoms with van der Waals surface area (Å²) in [5, 5.41) is 63.8. The van der Waals surface area contributed by atoms with Gasteiger partial charge in [-0.1, -0.05) is 92.7 Å². The number of imidazole rings is 3. The highest BCUT2D eigenvalue weighted by atomic mass is 32.2. The van der Waals surface area contributed by atoms with Crippen molar-refractivity contribution in [2.75, 3.05) is 51.3 Å². The number of thioether (sulfide) groups is 1. The largest absolute Gasteiger partial charge is 0.394 e. The molecule has 1 saturated heterocycles. The number of carbonyl (C=O) groups excluding carboxylic acids is 14. The first-order valence-corrected chi connectivity index (χ1v) is 40.1. The van der Waals surface area contributed by atoms with E-state index in [1.807, 2.05) is 0 Å². The fourth-order valence-electron chi connectivity index (χ4n) is 13.1. The van der Waals surface area contributed by atoms with E-state index in [4.69, 9.17) is 28.0 Å². The molecule has 5 heterocycles. The van der Waals surface area contributed by atoms with Gasteiger partial charge in [0.05, 0.1) is 44.4 Å². The summed E-state index contributed by atoms with van der Waals surface area (Å²) in [7, 11) is 2.86. The summed E-state index contributed by atoms with van der Waals surface area (Å²) in [6.07, 6.45) is 7.87.